The number of nitrogens with one attached hydrogen (secondary N) is 1. The molecule has 4 rings (SSSR count). The lowest BCUT2D eigenvalue weighted by Gasteiger charge is -2.15. The van der Waals surface area contributed by atoms with Crippen LogP contribution in [-0.2, 0) is 9.59 Å². The largest absolute Gasteiger partial charge is 0.481 e. The summed E-state index contributed by atoms with van der Waals surface area (Å²) in [7, 11) is 0. The van der Waals surface area contributed by atoms with Crippen LogP contribution in [0.3, 0.4) is 0 Å². The molecular formula is C25H24N4O5S2. The van der Waals surface area contributed by atoms with E-state index in [1.807, 2.05) is 31.2 Å². The number of fused-ring (bicyclic) bond motifs is 1. The minimum atomic E-state index is -0.949. The molecule has 11 heteroatoms. The molecule has 1 atom stereocenters. The number of carboxylic acids is 1. The first kappa shape index (κ1) is 25.5. The molecule has 1 saturated heterocycles. The van der Waals surface area contributed by atoms with Crippen molar-refractivity contribution < 1.29 is 19.8 Å². The highest BCUT2D eigenvalue weighted by atomic mass is 32.2. The van der Waals surface area contributed by atoms with E-state index in [1.54, 1.807) is 24.4 Å². The number of amides is 1. The zero-order valence-electron chi connectivity index (χ0n) is 19.4. The molecule has 1 aliphatic rings. The van der Waals surface area contributed by atoms with Gasteiger partial charge >= 0.3 is 5.97 Å². The van der Waals surface area contributed by atoms with Crippen molar-refractivity contribution in [3.8, 4) is 0 Å². The van der Waals surface area contributed by atoms with Gasteiger partial charge in [0, 0.05) is 25.7 Å². The normalized spacial score (nSPS) is 15.6. The Morgan fingerprint density at radius 2 is 1.97 bits per heavy atom. The third kappa shape index (κ3) is 5.48. The van der Waals surface area contributed by atoms with Gasteiger partial charge in [-0.1, -0.05) is 60.4 Å². The van der Waals surface area contributed by atoms with Gasteiger partial charge in [0.2, 0.25) is 0 Å². The maximum atomic E-state index is 13.5. The van der Waals surface area contributed by atoms with Crippen molar-refractivity contribution >= 4 is 57.7 Å². The van der Waals surface area contributed by atoms with E-state index in [-0.39, 0.29) is 53.7 Å². The average molecular weight is 525 g/mol. The average Bonchev–Trinajstić information content (AvgIpc) is 3.12. The Hall–Kier alpha value is -3.54. The lowest BCUT2D eigenvalue weighted by Crippen LogP contribution is -2.29. The van der Waals surface area contributed by atoms with Gasteiger partial charge in [0.05, 0.1) is 16.6 Å². The fourth-order valence-corrected chi connectivity index (χ4v) is 5.07. The zero-order chi connectivity index (χ0) is 25.8. The van der Waals surface area contributed by atoms with Gasteiger partial charge in [0.25, 0.3) is 11.5 Å². The summed E-state index contributed by atoms with van der Waals surface area (Å²) in [6, 6.07) is 12.7. The number of thioether (sulfide) groups is 1. The van der Waals surface area contributed by atoms with E-state index < -0.39 is 12.1 Å². The molecule has 1 unspecified atom stereocenters. The lowest BCUT2D eigenvalue weighted by atomic mass is 10.1. The molecule has 1 aliphatic heterocycles. The molecule has 1 aromatic carbocycles. The number of aliphatic carboxylic acids is 1. The summed E-state index contributed by atoms with van der Waals surface area (Å²) in [6.07, 6.45) is 2.40. The zero-order valence-corrected chi connectivity index (χ0v) is 21.0. The number of aliphatic hydroxyl groups excluding tert-OH is 1. The topological polar surface area (TPSA) is 124 Å². The summed E-state index contributed by atoms with van der Waals surface area (Å²) in [5.74, 6) is -1.10. The first-order valence-corrected chi connectivity index (χ1v) is 12.4. The monoisotopic (exact) mass is 524 g/mol. The smallest absolute Gasteiger partial charge is 0.303 e. The van der Waals surface area contributed by atoms with Gasteiger partial charge in [-0.2, -0.15) is 0 Å². The lowest BCUT2D eigenvalue weighted by molar-refractivity contribution is -0.137. The van der Waals surface area contributed by atoms with E-state index in [2.05, 4.69) is 10.3 Å². The molecule has 9 nitrogen and oxygen atoms in total. The summed E-state index contributed by atoms with van der Waals surface area (Å²) in [5.41, 5.74) is 1.73. The molecule has 0 radical (unpaired) electrons. The second-order valence-electron chi connectivity index (χ2n) is 8.20. The molecule has 0 bridgehead atoms. The predicted octanol–water partition coefficient (Wildman–Crippen LogP) is 3.21. The number of benzene rings is 1. The van der Waals surface area contributed by atoms with Crippen LogP contribution in [0.25, 0.3) is 11.7 Å². The first-order valence-electron chi connectivity index (χ1n) is 11.2. The first-order chi connectivity index (χ1) is 17.3. The van der Waals surface area contributed by atoms with Crippen molar-refractivity contribution in [1.29, 1.82) is 0 Å². The van der Waals surface area contributed by atoms with Gasteiger partial charge < -0.3 is 15.5 Å². The van der Waals surface area contributed by atoms with Crippen LogP contribution in [0.1, 0.15) is 35.6 Å². The maximum Gasteiger partial charge on any atom is 0.303 e. The van der Waals surface area contributed by atoms with Gasteiger partial charge in [-0.3, -0.25) is 23.7 Å². The molecule has 3 aromatic rings. The Balaban J connectivity index is 1.69. The summed E-state index contributed by atoms with van der Waals surface area (Å²) in [4.78, 5) is 43.5. The highest BCUT2D eigenvalue weighted by molar-refractivity contribution is 8.26. The number of carbonyl (C=O) groups excluding carboxylic acids is 1. The number of thiocarbonyl (C=S) groups is 1. The molecule has 186 valence electrons. The maximum absolute atomic E-state index is 13.5. The standard InChI is InChI=1S/C25H24N4O5S2/c1-15-7-5-11-28-22(15)27-21(26-14-18(30)16-8-3-2-4-9-16)17(23(28)33)13-19-24(34)29(25(35)36-19)12-6-10-20(31)32/h2-5,7-9,11,13,18,26,30H,6,10,12,14H2,1H3,(H,31,32). The Bertz CT molecular complexity index is 1420. The molecule has 2 aromatic heterocycles. The number of anilines is 1. The molecular weight excluding hydrogens is 500 g/mol. The summed E-state index contributed by atoms with van der Waals surface area (Å²) < 4.78 is 1.71. The van der Waals surface area contributed by atoms with E-state index in [4.69, 9.17) is 17.3 Å². The number of aromatic nitrogens is 2. The molecule has 3 N–H and O–H groups in total. The number of hydrogen-bond donors (Lipinski definition) is 3. The van der Waals surface area contributed by atoms with Gasteiger partial charge in [0.15, 0.2) is 0 Å². The van der Waals surface area contributed by atoms with Gasteiger partial charge in [-0.15, -0.1) is 0 Å². The fraction of sp³-hybridized carbons (Fsp3) is 0.240. The van der Waals surface area contributed by atoms with E-state index in [9.17, 15) is 19.5 Å². The molecule has 0 aliphatic carbocycles. The molecule has 36 heavy (non-hydrogen) atoms. The SMILES string of the molecule is Cc1cccn2c(=O)c(C=C3SC(=S)N(CCCC(=O)O)C3=O)c(NCC(O)c3ccccc3)nc12. The minimum absolute atomic E-state index is 0.0801. The van der Waals surface area contributed by atoms with Gasteiger partial charge in [-0.05, 0) is 36.6 Å². The van der Waals surface area contributed by atoms with Crippen LogP contribution in [0.4, 0.5) is 5.82 Å². The third-order valence-electron chi connectivity index (χ3n) is 5.65. The van der Waals surface area contributed by atoms with Gasteiger partial charge in [0.1, 0.15) is 15.8 Å². The van der Waals surface area contributed by atoms with Crippen LogP contribution < -0.4 is 10.9 Å². The fourth-order valence-electron chi connectivity index (χ4n) is 3.78. The quantitative estimate of drug-likeness (QED) is 0.286. The number of pyridine rings is 1. The number of aliphatic hydroxyl groups is 1. The van der Waals surface area contributed by atoms with Crippen molar-refractivity contribution in [1.82, 2.24) is 14.3 Å². The van der Waals surface area contributed by atoms with E-state index in [0.717, 1.165) is 17.3 Å². The van der Waals surface area contributed by atoms with Crippen LogP contribution in [0, 0.1) is 6.92 Å². The number of carbonyl (C=O) groups is 2. The van der Waals surface area contributed by atoms with Crippen LogP contribution >= 0.6 is 24.0 Å². The highest BCUT2D eigenvalue weighted by Gasteiger charge is 2.32. The molecule has 3 heterocycles. The second-order valence-corrected chi connectivity index (χ2v) is 9.88. The van der Waals surface area contributed by atoms with Crippen molar-refractivity contribution in [2.24, 2.45) is 0 Å². The molecule has 1 fully saturated rings. The molecule has 1 amide bonds. The second kappa shape index (κ2) is 11.0. The Morgan fingerprint density at radius 3 is 2.69 bits per heavy atom. The van der Waals surface area contributed by atoms with E-state index in [1.165, 1.54) is 15.4 Å². The van der Waals surface area contributed by atoms with Crippen molar-refractivity contribution in [2.45, 2.75) is 25.9 Å². The minimum Gasteiger partial charge on any atom is -0.481 e. The van der Waals surface area contributed by atoms with Gasteiger partial charge in [-0.25, -0.2) is 4.98 Å². The molecule has 0 spiro atoms. The van der Waals surface area contributed by atoms with Crippen molar-refractivity contribution in [3.63, 3.8) is 0 Å². The Morgan fingerprint density at radius 1 is 1.22 bits per heavy atom. The summed E-state index contributed by atoms with van der Waals surface area (Å²) in [5, 5.41) is 22.6. The number of hydrogen-bond acceptors (Lipinski definition) is 8. The van der Waals surface area contributed by atoms with Crippen LogP contribution in [0.5, 0.6) is 0 Å². The van der Waals surface area contributed by atoms with Crippen molar-refractivity contribution in [2.75, 3.05) is 18.4 Å². The van der Waals surface area contributed by atoms with Crippen molar-refractivity contribution in [3.05, 3.63) is 80.6 Å². The van der Waals surface area contributed by atoms with Crippen LogP contribution in [-0.4, -0.2) is 53.8 Å². The number of carboxylic acid groups (broad SMARTS) is 1. The predicted molar refractivity (Wildman–Crippen MR) is 143 cm³/mol. The summed E-state index contributed by atoms with van der Waals surface area (Å²) >= 11 is 6.37. The van der Waals surface area contributed by atoms with E-state index in [0.29, 0.717) is 15.5 Å². The van der Waals surface area contributed by atoms with E-state index >= 15 is 0 Å². The van der Waals surface area contributed by atoms with Crippen LogP contribution in [0.2, 0.25) is 0 Å². The Kier molecular flexibility index (Phi) is 7.82. The number of aryl methyl sites for hydroxylation is 1. The molecule has 0 saturated carbocycles. The number of rotatable bonds is 9. The summed E-state index contributed by atoms with van der Waals surface area (Å²) in [6.45, 7) is 2.11. The highest BCUT2D eigenvalue weighted by Crippen LogP contribution is 2.33. The Labute approximate surface area is 216 Å². The third-order valence-corrected chi connectivity index (χ3v) is 7.03. The number of nitrogens with zero attached hydrogens (tertiary/aromatic N) is 3. The van der Waals surface area contributed by atoms with Crippen LogP contribution in [0.15, 0.2) is 58.4 Å².